The second kappa shape index (κ2) is 4.07. The van der Waals surface area contributed by atoms with Crippen LogP contribution < -0.4 is 10.6 Å². The van der Waals surface area contributed by atoms with Gasteiger partial charge >= 0.3 is 0 Å². The molecule has 11 heavy (non-hydrogen) atoms. The largest absolute Gasteiger partial charge is 0.319 e. The first-order chi connectivity index (χ1) is 5.24. The number of nitrogens with one attached hydrogen (secondary N) is 2. The van der Waals surface area contributed by atoms with Crippen LogP contribution in [0.2, 0.25) is 0 Å². The van der Waals surface area contributed by atoms with Gasteiger partial charge in [0.25, 0.3) is 0 Å². The van der Waals surface area contributed by atoms with Crippen molar-refractivity contribution in [3.05, 3.63) is 0 Å². The molecule has 1 heterocycles. The molecule has 0 radical (unpaired) electrons. The summed E-state index contributed by atoms with van der Waals surface area (Å²) < 4.78 is 0. The van der Waals surface area contributed by atoms with Crippen molar-refractivity contribution in [1.29, 1.82) is 0 Å². The lowest BCUT2D eigenvalue weighted by atomic mass is 9.86. The van der Waals surface area contributed by atoms with E-state index < -0.39 is 0 Å². The molecule has 0 aromatic rings. The molecule has 1 aliphatic heterocycles. The number of rotatable bonds is 2. The highest BCUT2D eigenvalue weighted by Gasteiger charge is 2.23. The average Bonchev–Trinajstić information content (AvgIpc) is 1.98. The zero-order valence-corrected chi connectivity index (χ0v) is 7.85. The van der Waals surface area contributed by atoms with E-state index >= 15 is 0 Å². The Labute approximate surface area is 69.8 Å². The van der Waals surface area contributed by atoms with Crippen LogP contribution in [0.3, 0.4) is 0 Å². The predicted molar refractivity (Wildman–Crippen MR) is 48.7 cm³/mol. The van der Waals surface area contributed by atoms with Crippen LogP contribution in [0.5, 0.6) is 0 Å². The average molecular weight is 156 g/mol. The SMILES string of the molecule is CNCC1CC(C)CNC1C. The maximum atomic E-state index is 3.53. The van der Waals surface area contributed by atoms with Crippen LogP contribution >= 0.6 is 0 Å². The minimum Gasteiger partial charge on any atom is -0.319 e. The highest BCUT2D eigenvalue weighted by atomic mass is 14.9. The smallest absolute Gasteiger partial charge is 0.00793 e. The van der Waals surface area contributed by atoms with Crippen molar-refractivity contribution in [2.45, 2.75) is 26.3 Å². The van der Waals surface area contributed by atoms with Gasteiger partial charge in [-0.3, -0.25) is 0 Å². The van der Waals surface area contributed by atoms with E-state index in [-0.39, 0.29) is 0 Å². The molecule has 1 rings (SSSR count). The van der Waals surface area contributed by atoms with Gasteiger partial charge in [-0.2, -0.15) is 0 Å². The molecule has 0 aromatic heterocycles. The van der Waals surface area contributed by atoms with E-state index in [0.29, 0.717) is 6.04 Å². The Bertz CT molecular complexity index is 114. The van der Waals surface area contributed by atoms with Gasteiger partial charge in [-0.25, -0.2) is 0 Å². The van der Waals surface area contributed by atoms with E-state index in [1.807, 2.05) is 7.05 Å². The van der Waals surface area contributed by atoms with E-state index in [4.69, 9.17) is 0 Å². The quantitative estimate of drug-likeness (QED) is 0.619. The Morgan fingerprint density at radius 2 is 2.18 bits per heavy atom. The molecule has 3 unspecified atom stereocenters. The Morgan fingerprint density at radius 3 is 2.82 bits per heavy atom. The fraction of sp³-hybridized carbons (Fsp3) is 1.00. The Kier molecular flexibility index (Phi) is 3.34. The van der Waals surface area contributed by atoms with Crippen molar-refractivity contribution in [2.75, 3.05) is 20.1 Å². The van der Waals surface area contributed by atoms with Gasteiger partial charge in [0.05, 0.1) is 0 Å². The minimum atomic E-state index is 0.693. The second-order valence-corrected chi connectivity index (χ2v) is 3.86. The van der Waals surface area contributed by atoms with Crippen molar-refractivity contribution in [3.63, 3.8) is 0 Å². The van der Waals surface area contributed by atoms with Gasteiger partial charge < -0.3 is 10.6 Å². The molecular weight excluding hydrogens is 136 g/mol. The minimum absolute atomic E-state index is 0.693. The molecule has 2 N–H and O–H groups in total. The fourth-order valence-electron chi connectivity index (χ4n) is 1.88. The fourth-order valence-corrected chi connectivity index (χ4v) is 1.88. The van der Waals surface area contributed by atoms with Gasteiger partial charge in [-0.1, -0.05) is 6.92 Å². The standard InChI is InChI=1S/C9H20N2/c1-7-4-9(6-10-3)8(2)11-5-7/h7-11H,4-6H2,1-3H3. The van der Waals surface area contributed by atoms with Gasteiger partial charge in [-0.05, 0) is 45.3 Å². The van der Waals surface area contributed by atoms with Crippen molar-refractivity contribution in [3.8, 4) is 0 Å². The molecule has 1 fully saturated rings. The van der Waals surface area contributed by atoms with Crippen molar-refractivity contribution >= 4 is 0 Å². The van der Waals surface area contributed by atoms with E-state index in [1.165, 1.54) is 13.0 Å². The Hall–Kier alpha value is -0.0800. The number of piperidine rings is 1. The molecule has 3 atom stereocenters. The Morgan fingerprint density at radius 1 is 1.45 bits per heavy atom. The highest BCUT2D eigenvalue weighted by Crippen LogP contribution is 2.19. The lowest BCUT2D eigenvalue weighted by Crippen LogP contribution is -2.46. The normalized spacial score (nSPS) is 39.0. The van der Waals surface area contributed by atoms with Crippen molar-refractivity contribution < 1.29 is 0 Å². The van der Waals surface area contributed by atoms with Gasteiger partial charge in [0.2, 0.25) is 0 Å². The van der Waals surface area contributed by atoms with Crippen LogP contribution in [0.25, 0.3) is 0 Å². The molecule has 1 saturated heterocycles. The molecule has 2 heteroatoms. The molecular formula is C9H20N2. The lowest BCUT2D eigenvalue weighted by molar-refractivity contribution is 0.237. The molecule has 66 valence electrons. The lowest BCUT2D eigenvalue weighted by Gasteiger charge is -2.33. The molecule has 0 saturated carbocycles. The zero-order chi connectivity index (χ0) is 8.27. The third kappa shape index (κ3) is 2.46. The summed E-state index contributed by atoms with van der Waals surface area (Å²) in [5, 5.41) is 6.78. The summed E-state index contributed by atoms with van der Waals surface area (Å²) in [6.07, 6.45) is 1.37. The summed E-state index contributed by atoms with van der Waals surface area (Å²) in [4.78, 5) is 0. The molecule has 0 spiro atoms. The van der Waals surface area contributed by atoms with Crippen LogP contribution in [0, 0.1) is 11.8 Å². The first-order valence-corrected chi connectivity index (χ1v) is 4.62. The van der Waals surface area contributed by atoms with Gasteiger partial charge in [0.15, 0.2) is 0 Å². The maximum absolute atomic E-state index is 3.53. The predicted octanol–water partition coefficient (Wildman–Crippen LogP) is 0.840. The highest BCUT2D eigenvalue weighted by molar-refractivity contribution is 4.81. The third-order valence-corrected chi connectivity index (χ3v) is 2.67. The molecule has 0 aromatic carbocycles. The monoisotopic (exact) mass is 156 g/mol. The maximum Gasteiger partial charge on any atom is 0.00793 e. The molecule has 0 bridgehead atoms. The van der Waals surface area contributed by atoms with Crippen molar-refractivity contribution in [1.82, 2.24) is 10.6 Å². The number of hydrogen-bond acceptors (Lipinski definition) is 2. The van der Waals surface area contributed by atoms with E-state index in [1.54, 1.807) is 0 Å². The van der Waals surface area contributed by atoms with E-state index in [0.717, 1.165) is 18.4 Å². The number of hydrogen-bond donors (Lipinski definition) is 2. The van der Waals surface area contributed by atoms with Crippen LogP contribution in [0.1, 0.15) is 20.3 Å². The van der Waals surface area contributed by atoms with Gasteiger partial charge in [0, 0.05) is 6.04 Å². The summed E-state index contributed by atoms with van der Waals surface area (Å²) >= 11 is 0. The van der Waals surface area contributed by atoms with Crippen LogP contribution in [-0.4, -0.2) is 26.2 Å². The van der Waals surface area contributed by atoms with E-state index in [2.05, 4.69) is 24.5 Å². The van der Waals surface area contributed by atoms with Crippen LogP contribution in [0.15, 0.2) is 0 Å². The summed E-state index contributed by atoms with van der Waals surface area (Å²) in [6.45, 7) is 6.95. The summed E-state index contributed by atoms with van der Waals surface area (Å²) in [6, 6.07) is 0.693. The second-order valence-electron chi connectivity index (χ2n) is 3.86. The van der Waals surface area contributed by atoms with E-state index in [9.17, 15) is 0 Å². The van der Waals surface area contributed by atoms with Crippen molar-refractivity contribution in [2.24, 2.45) is 11.8 Å². The summed E-state index contributed by atoms with van der Waals surface area (Å²) in [5.74, 6) is 1.67. The molecule has 2 nitrogen and oxygen atoms in total. The van der Waals surface area contributed by atoms with Crippen LogP contribution in [-0.2, 0) is 0 Å². The molecule has 1 aliphatic rings. The molecule has 0 amide bonds. The first kappa shape index (κ1) is 9.01. The third-order valence-electron chi connectivity index (χ3n) is 2.67. The molecule has 0 aliphatic carbocycles. The first-order valence-electron chi connectivity index (χ1n) is 4.62. The van der Waals surface area contributed by atoms with Crippen LogP contribution in [0.4, 0.5) is 0 Å². The topological polar surface area (TPSA) is 24.1 Å². The van der Waals surface area contributed by atoms with Gasteiger partial charge in [0.1, 0.15) is 0 Å². The summed E-state index contributed by atoms with van der Waals surface area (Å²) in [7, 11) is 2.03. The Balaban J connectivity index is 2.34. The summed E-state index contributed by atoms with van der Waals surface area (Å²) in [5.41, 5.74) is 0. The zero-order valence-electron chi connectivity index (χ0n) is 7.85. The van der Waals surface area contributed by atoms with Gasteiger partial charge in [-0.15, -0.1) is 0 Å².